The Kier molecular flexibility index (Phi) is 12.1. The molecule has 0 spiro atoms. The van der Waals surface area contributed by atoms with Gasteiger partial charge in [-0.3, -0.25) is 9.52 Å². The van der Waals surface area contributed by atoms with E-state index in [0.717, 1.165) is 17.8 Å². The zero-order chi connectivity index (χ0) is 34.5. The lowest BCUT2D eigenvalue weighted by Gasteiger charge is -2.35. The largest absolute Gasteiger partial charge is 0.490 e. The fourth-order valence-corrected chi connectivity index (χ4v) is 9.19. The monoisotopic (exact) mass is 712 g/mol. The number of sulfonamides is 2. The molecule has 2 N–H and O–H groups in total. The lowest BCUT2D eigenvalue weighted by molar-refractivity contribution is -0.00832. The minimum atomic E-state index is -4.11. The number of aliphatic hydroxyl groups excluding tert-OH is 1. The van der Waals surface area contributed by atoms with Gasteiger partial charge < -0.3 is 24.0 Å². The van der Waals surface area contributed by atoms with E-state index in [9.17, 15) is 26.7 Å². The Labute approximate surface area is 280 Å². The first-order valence-corrected chi connectivity index (χ1v) is 19.3. The Hall–Kier alpha value is -3.02. The van der Waals surface area contributed by atoms with E-state index in [1.54, 1.807) is 30.5 Å². The van der Waals surface area contributed by atoms with E-state index < -0.39 is 38.1 Å². The van der Waals surface area contributed by atoms with Gasteiger partial charge in [-0.1, -0.05) is 18.1 Å². The van der Waals surface area contributed by atoms with Gasteiger partial charge in [-0.05, 0) is 76.6 Å². The number of ether oxygens (including phenoxy) is 2. The van der Waals surface area contributed by atoms with E-state index >= 15 is 0 Å². The van der Waals surface area contributed by atoms with Gasteiger partial charge >= 0.3 is 0 Å². The molecule has 1 aromatic carbocycles. The van der Waals surface area contributed by atoms with Crippen molar-refractivity contribution < 1.29 is 40.7 Å². The molecule has 0 unspecified atom stereocenters. The molecule has 4 rings (SSSR count). The Morgan fingerprint density at radius 3 is 2.55 bits per heavy atom. The number of rotatable bonds is 9. The number of benzene rings is 1. The second kappa shape index (κ2) is 15.5. The molecule has 1 aliphatic heterocycles. The number of hydrogen-bond acceptors (Lipinski definition) is 11. The number of nitrogens with zero attached hydrogens (tertiary/aromatic N) is 3. The molecular weight excluding hydrogens is 669 g/mol. The van der Waals surface area contributed by atoms with Crippen LogP contribution in [0.1, 0.15) is 61.8 Å². The normalized spacial score (nSPS) is 21.1. The van der Waals surface area contributed by atoms with E-state index in [4.69, 9.17) is 14.0 Å². The van der Waals surface area contributed by atoms with Crippen LogP contribution in [0.2, 0.25) is 0 Å². The summed E-state index contributed by atoms with van der Waals surface area (Å²) >= 11 is 1.14. The lowest BCUT2D eigenvalue weighted by atomic mass is 10.0. The Morgan fingerprint density at radius 1 is 1.17 bits per heavy atom. The predicted molar refractivity (Wildman–Crippen MR) is 178 cm³/mol. The first-order chi connectivity index (χ1) is 22.1. The van der Waals surface area contributed by atoms with Crippen molar-refractivity contribution in [3.8, 4) is 5.75 Å². The van der Waals surface area contributed by atoms with Crippen molar-refractivity contribution in [1.29, 1.82) is 0 Å². The molecule has 260 valence electrons. The van der Waals surface area contributed by atoms with Crippen molar-refractivity contribution in [2.75, 3.05) is 38.1 Å². The second-order valence-electron chi connectivity index (χ2n) is 12.0. The highest BCUT2D eigenvalue weighted by Crippen LogP contribution is 2.31. The van der Waals surface area contributed by atoms with Crippen LogP contribution in [-0.2, 0) is 24.8 Å². The summed E-state index contributed by atoms with van der Waals surface area (Å²) in [4.78, 5) is 15.7. The number of thiophene rings is 1. The number of aliphatic hydroxyl groups is 1. The van der Waals surface area contributed by atoms with Crippen molar-refractivity contribution in [2.24, 2.45) is 5.92 Å². The lowest BCUT2D eigenvalue weighted by Crippen LogP contribution is -2.48. The van der Waals surface area contributed by atoms with E-state index in [1.807, 2.05) is 13.8 Å². The Morgan fingerprint density at radius 2 is 1.91 bits per heavy atom. The number of carbonyl (C=O) groups is 1. The minimum absolute atomic E-state index is 0.0562. The van der Waals surface area contributed by atoms with Crippen LogP contribution in [0.4, 0.5) is 5.69 Å². The molecular formula is C31H44N4O9S3. The standard InChI is InChI=1S/C31H44N4O9S3/c1-20-17-35(21(2)19-36)31(37)26-16-25(33-46(38,39)30-23(4)32-44-24(30)5)12-13-27(26)43-22(3)10-7-8-14-42-28(20)18-34(6)47(40,41)29-11-9-15-45-29/h9,11-13,15-16,20-22,28,33,36H,7-8,10,14,17-19H2,1-6H3/t20-,21-,22-,28+/m1/s1. The Bertz CT molecular complexity index is 1710. The third kappa shape index (κ3) is 8.72. The summed E-state index contributed by atoms with van der Waals surface area (Å²) in [5.41, 5.74) is 0.431. The highest BCUT2D eigenvalue weighted by Gasteiger charge is 2.33. The van der Waals surface area contributed by atoms with Crippen LogP contribution in [0.5, 0.6) is 5.75 Å². The van der Waals surface area contributed by atoms with Gasteiger partial charge in [0.2, 0.25) is 0 Å². The molecule has 0 aliphatic carbocycles. The molecule has 0 saturated carbocycles. The van der Waals surface area contributed by atoms with Gasteiger partial charge in [-0.2, -0.15) is 4.31 Å². The zero-order valence-electron chi connectivity index (χ0n) is 27.5. The third-order valence-electron chi connectivity index (χ3n) is 8.14. The average Bonchev–Trinajstić information content (AvgIpc) is 3.69. The number of fused-ring (bicyclic) bond motifs is 1. The van der Waals surface area contributed by atoms with Crippen LogP contribution in [0.25, 0.3) is 0 Å². The van der Waals surface area contributed by atoms with Gasteiger partial charge in [-0.25, -0.2) is 16.8 Å². The summed E-state index contributed by atoms with van der Waals surface area (Å²) in [7, 11) is -6.34. The summed E-state index contributed by atoms with van der Waals surface area (Å²) in [6.45, 7) is 8.70. The summed E-state index contributed by atoms with van der Waals surface area (Å²) < 4.78 is 74.6. The van der Waals surface area contributed by atoms with E-state index in [0.29, 0.717) is 19.4 Å². The Balaban J connectivity index is 1.69. The fraction of sp³-hybridized carbons (Fsp3) is 0.548. The van der Waals surface area contributed by atoms with Crippen molar-refractivity contribution in [1.82, 2.24) is 14.4 Å². The van der Waals surface area contributed by atoms with Crippen molar-refractivity contribution in [3.05, 3.63) is 52.7 Å². The molecule has 1 amide bonds. The number of carbonyl (C=O) groups excluding carboxylic acids is 1. The van der Waals surface area contributed by atoms with Crippen LogP contribution in [0, 0.1) is 19.8 Å². The molecule has 2 aromatic heterocycles. The molecule has 16 heteroatoms. The van der Waals surface area contributed by atoms with Gasteiger partial charge in [0.15, 0.2) is 10.7 Å². The van der Waals surface area contributed by atoms with Crippen LogP contribution in [0.3, 0.4) is 0 Å². The topological polar surface area (TPSA) is 169 Å². The highest BCUT2D eigenvalue weighted by atomic mass is 32.2. The number of anilines is 1. The third-order valence-corrected chi connectivity index (χ3v) is 13.0. The van der Waals surface area contributed by atoms with Crippen molar-refractivity contribution in [3.63, 3.8) is 0 Å². The number of amides is 1. The predicted octanol–water partition coefficient (Wildman–Crippen LogP) is 4.27. The number of aryl methyl sites for hydroxylation is 2. The molecule has 0 saturated heterocycles. The van der Waals surface area contributed by atoms with E-state index in [2.05, 4.69) is 9.88 Å². The minimum Gasteiger partial charge on any atom is -0.490 e. The maximum atomic E-state index is 14.3. The van der Waals surface area contributed by atoms with Crippen LogP contribution in [0.15, 0.2) is 49.3 Å². The molecule has 3 aromatic rings. The number of hydrogen-bond donors (Lipinski definition) is 2. The molecule has 47 heavy (non-hydrogen) atoms. The molecule has 0 fully saturated rings. The van der Waals surface area contributed by atoms with Gasteiger partial charge in [0.1, 0.15) is 15.7 Å². The summed E-state index contributed by atoms with van der Waals surface area (Å²) in [5, 5.41) is 15.6. The highest BCUT2D eigenvalue weighted by molar-refractivity contribution is 7.92. The maximum absolute atomic E-state index is 14.3. The van der Waals surface area contributed by atoms with E-state index in [1.165, 1.54) is 42.2 Å². The molecule has 0 bridgehead atoms. The smallest absolute Gasteiger partial charge is 0.267 e. The van der Waals surface area contributed by atoms with Crippen molar-refractivity contribution in [2.45, 2.75) is 81.2 Å². The summed E-state index contributed by atoms with van der Waals surface area (Å²) in [6, 6.07) is 7.10. The van der Waals surface area contributed by atoms with Gasteiger partial charge in [0, 0.05) is 38.3 Å². The first kappa shape index (κ1) is 36.8. The summed E-state index contributed by atoms with van der Waals surface area (Å²) in [5.74, 6) is -0.447. The fourth-order valence-electron chi connectivity index (χ4n) is 5.43. The van der Waals surface area contributed by atoms with Gasteiger partial charge in [0.25, 0.3) is 26.0 Å². The molecule has 3 heterocycles. The second-order valence-corrected chi connectivity index (χ2v) is 16.8. The quantitative estimate of drug-likeness (QED) is 0.327. The van der Waals surface area contributed by atoms with Crippen LogP contribution in [-0.4, -0.2) is 93.8 Å². The van der Waals surface area contributed by atoms with Crippen LogP contribution < -0.4 is 9.46 Å². The first-order valence-electron chi connectivity index (χ1n) is 15.4. The van der Waals surface area contributed by atoms with Crippen molar-refractivity contribution >= 4 is 43.0 Å². The summed E-state index contributed by atoms with van der Waals surface area (Å²) in [6.07, 6.45) is 1.28. The molecule has 1 aliphatic rings. The SMILES string of the molecule is Cc1noc(C)c1S(=O)(=O)Nc1ccc2c(c1)C(=O)N([C@H](C)CO)C[C@@H](C)[C@H](CN(C)S(=O)(=O)c1cccs1)OCCCC[C@@H](C)O2. The van der Waals surface area contributed by atoms with Gasteiger partial charge in [0.05, 0.1) is 30.4 Å². The zero-order valence-corrected chi connectivity index (χ0v) is 30.0. The number of likely N-dealkylation sites (N-methyl/N-ethyl adjacent to an activating group) is 1. The van der Waals surface area contributed by atoms with Gasteiger partial charge in [-0.15, -0.1) is 11.3 Å². The average molecular weight is 713 g/mol. The molecule has 0 radical (unpaired) electrons. The number of aromatic nitrogens is 1. The molecule has 4 atom stereocenters. The molecule has 13 nitrogen and oxygen atoms in total. The van der Waals surface area contributed by atoms with E-state index in [-0.39, 0.29) is 69.3 Å². The number of nitrogens with one attached hydrogen (secondary N) is 1. The maximum Gasteiger partial charge on any atom is 0.267 e. The van der Waals surface area contributed by atoms with Crippen LogP contribution >= 0.6 is 11.3 Å².